The molecule has 3 nitrogen and oxygen atoms in total. The third-order valence-corrected chi connectivity index (χ3v) is 3.62. The molecule has 1 aliphatic carbocycles. The highest BCUT2D eigenvalue weighted by molar-refractivity contribution is 5.46. The van der Waals surface area contributed by atoms with Crippen molar-refractivity contribution in [3.63, 3.8) is 0 Å². The summed E-state index contributed by atoms with van der Waals surface area (Å²) in [5, 5.41) is 11.1. The van der Waals surface area contributed by atoms with Crippen LogP contribution in [0, 0.1) is 18.8 Å². The van der Waals surface area contributed by atoms with Gasteiger partial charge in [-0.25, -0.2) is 0 Å². The first-order valence-electron chi connectivity index (χ1n) is 6.43. The normalized spacial score (nSPS) is 17.8. The number of aromatic nitrogens is 2. The standard InChI is InChI=1S/C13H23N3/c1-5-11-9(4)13(16-15-11)14-12(8(2)3)10-6-7-10/h8,10,12H,5-7H2,1-4H3,(H2,14,15,16). The molecule has 0 radical (unpaired) electrons. The van der Waals surface area contributed by atoms with Gasteiger partial charge in [-0.1, -0.05) is 20.8 Å². The summed E-state index contributed by atoms with van der Waals surface area (Å²) in [4.78, 5) is 0. The van der Waals surface area contributed by atoms with E-state index >= 15 is 0 Å². The molecular formula is C13H23N3. The second-order valence-electron chi connectivity index (χ2n) is 5.28. The molecule has 16 heavy (non-hydrogen) atoms. The second-order valence-corrected chi connectivity index (χ2v) is 5.28. The molecule has 1 atom stereocenters. The van der Waals surface area contributed by atoms with Crippen LogP contribution >= 0.6 is 0 Å². The number of anilines is 1. The summed E-state index contributed by atoms with van der Waals surface area (Å²) in [5.41, 5.74) is 2.54. The molecule has 1 unspecified atom stereocenters. The van der Waals surface area contributed by atoms with E-state index in [9.17, 15) is 0 Å². The zero-order valence-electron chi connectivity index (χ0n) is 10.8. The molecule has 2 N–H and O–H groups in total. The van der Waals surface area contributed by atoms with E-state index in [2.05, 4.69) is 43.2 Å². The van der Waals surface area contributed by atoms with Gasteiger partial charge in [-0.05, 0) is 38.0 Å². The van der Waals surface area contributed by atoms with Crippen molar-refractivity contribution in [3.8, 4) is 0 Å². The lowest BCUT2D eigenvalue weighted by Gasteiger charge is -2.22. The van der Waals surface area contributed by atoms with Crippen LogP contribution in [0.2, 0.25) is 0 Å². The molecule has 1 aromatic heterocycles. The molecule has 0 spiro atoms. The lowest BCUT2D eigenvalue weighted by Crippen LogP contribution is -2.28. The number of nitrogens with zero attached hydrogens (tertiary/aromatic N) is 1. The van der Waals surface area contributed by atoms with E-state index in [1.54, 1.807) is 0 Å². The summed E-state index contributed by atoms with van der Waals surface area (Å²) in [6, 6.07) is 0.590. The maximum absolute atomic E-state index is 4.38. The molecule has 0 aromatic carbocycles. The Morgan fingerprint density at radius 1 is 1.44 bits per heavy atom. The van der Waals surface area contributed by atoms with E-state index in [4.69, 9.17) is 0 Å². The van der Waals surface area contributed by atoms with Gasteiger partial charge in [-0.3, -0.25) is 5.10 Å². The van der Waals surface area contributed by atoms with Gasteiger partial charge in [-0.2, -0.15) is 5.10 Å². The lowest BCUT2D eigenvalue weighted by atomic mass is 9.99. The predicted molar refractivity (Wildman–Crippen MR) is 67.7 cm³/mol. The van der Waals surface area contributed by atoms with Gasteiger partial charge in [0, 0.05) is 17.3 Å². The van der Waals surface area contributed by atoms with Gasteiger partial charge < -0.3 is 5.32 Å². The van der Waals surface area contributed by atoms with Crippen LogP contribution < -0.4 is 5.32 Å². The lowest BCUT2D eigenvalue weighted by molar-refractivity contribution is 0.475. The summed E-state index contributed by atoms with van der Waals surface area (Å²) < 4.78 is 0. The number of nitrogens with one attached hydrogen (secondary N) is 2. The highest BCUT2D eigenvalue weighted by Crippen LogP contribution is 2.37. The SMILES string of the molecule is CCc1[nH]nc(NC(C(C)C)C2CC2)c1C. The summed E-state index contributed by atoms with van der Waals surface area (Å²) in [7, 11) is 0. The van der Waals surface area contributed by atoms with Gasteiger partial charge in [0.25, 0.3) is 0 Å². The fraction of sp³-hybridized carbons (Fsp3) is 0.769. The van der Waals surface area contributed by atoms with Crippen LogP contribution in [0.4, 0.5) is 5.82 Å². The molecule has 0 aliphatic heterocycles. The summed E-state index contributed by atoms with van der Waals surface area (Å²) in [6.45, 7) is 8.89. The highest BCUT2D eigenvalue weighted by Gasteiger charge is 2.33. The van der Waals surface area contributed by atoms with Crippen LogP contribution in [-0.4, -0.2) is 16.2 Å². The molecular weight excluding hydrogens is 198 g/mol. The van der Waals surface area contributed by atoms with Crippen molar-refractivity contribution in [3.05, 3.63) is 11.3 Å². The van der Waals surface area contributed by atoms with Crippen molar-refractivity contribution in [1.29, 1.82) is 0 Å². The minimum Gasteiger partial charge on any atom is -0.365 e. The Hall–Kier alpha value is -0.990. The average molecular weight is 221 g/mol. The van der Waals surface area contributed by atoms with E-state index < -0.39 is 0 Å². The molecule has 1 saturated carbocycles. The van der Waals surface area contributed by atoms with Gasteiger partial charge in [0.05, 0.1) is 0 Å². The number of hydrogen-bond acceptors (Lipinski definition) is 2. The Kier molecular flexibility index (Phi) is 3.22. The maximum Gasteiger partial charge on any atom is 0.151 e. The molecule has 3 heteroatoms. The van der Waals surface area contributed by atoms with Crippen molar-refractivity contribution in [2.75, 3.05) is 5.32 Å². The monoisotopic (exact) mass is 221 g/mol. The van der Waals surface area contributed by atoms with Crippen LogP contribution in [0.1, 0.15) is 44.9 Å². The van der Waals surface area contributed by atoms with Gasteiger partial charge in [0.2, 0.25) is 0 Å². The average Bonchev–Trinajstić information content (AvgIpc) is 3.01. The minimum absolute atomic E-state index is 0.590. The smallest absolute Gasteiger partial charge is 0.151 e. The first-order valence-corrected chi connectivity index (χ1v) is 6.43. The third kappa shape index (κ3) is 2.23. The topological polar surface area (TPSA) is 40.7 Å². The summed E-state index contributed by atoms with van der Waals surface area (Å²) in [6.07, 6.45) is 3.77. The largest absolute Gasteiger partial charge is 0.365 e. The summed E-state index contributed by atoms with van der Waals surface area (Å²) >= 11 is 0. The van der Waals surface area contributed by atoms with Gasteiger partial charge in [0.15, 0.2) is 5.82 Å². The summed E-state index contributed by atoms with van der Waals surface area (Å²) in [5.74, 6) is 2.59. The first kappa shape index (κ1) is 11.5. The first-order chi connectivity index (χ1) is 7.63. The van der Waals surface area contributed by atoms with E-state index in [1.807, 2.05) is 0 Å². The number of aromatic amines is 1. The van der Waals surface area contributed by atoms with Crippen LogP contribution in [-0.2, 0) is 6.42 Å². The van der Waals surface area contributed by atoms with Crippen LogP contribution in [0.15, 0.2) is 0 Å². The molecule has 1 aliphatic rings. The van der Waals surface area contributed by atoms with Crippen LogP contribution in [0.3, 0.4) is 0 Å². The molecule has 0 amide bonds. The Bertz CT molecular complexity index is 348. The molecule has 2 rings (SSSR count). The molecule has 90 valence electrons. The fourth-order valence-electron chi connectivity index (χ4n) is 2.36. The number of rotatable bonds is 5. The number of H-pyrrole nitrogens is 1. The van der Waals surface area contributed by atoms with Crippen LogP contribution in [0.25, 0.3) is 0 Å². The van der Waals surface area contributed by atoms with E-state index in [0.717, 1.165) is 18.2 Å². The van der Waals surface area contributed by atoms with Gasteiger partial charge >= 0.3 is 0 Å². The minimum atomic E-state index is 0.590. The Morgan fingerprint density at radius 3 is 2.56 bits per heavy atom. The number of hydrogen-bond donors (Lipinski definition) is 2. The molecule has 1 heterocycles. The highest BCUT2D eigenvalue weighted by atomic mass is 15.2. The molecule has 1 aromatic rings. The van der Waals surface area contributed by atoms with Crippen LogP contribution in [0.5, 0.6) is 0 Å². The fourth-order valence-corrected chi connectivity index (χ4v) is 2.36. The zero-order chi connectivity index (χ0) is 11.7. The van der Waals surface area contributed by atoms with Gasteiger partial charge in [-0.15, -0.1) is 0 Å². The van der Waals surface area contributed by atoms with Gasteiger partial charge in [0.1, 0.15) is 0 Å². The second kappa shape index (κ2) is 4.48. The molecule has 0 bridgehead atoms. The Balaban J connectivity index is 2.09. The maximum atomic E-state index is 4.38. The predicted octanol–water partition coefficient (Wildman–Crippen LogP) is 3.13. The van der Waals surface area contributed by atoms with Crippen molar-refractivity contribution in [2.24, 2.45) is 11.8 Å². The van der Waals surface area contributed by atoms with E-state index in [0.29, 0.717) is 12.0 Å². The van der Waals surface area contributed by atoms with E-state index in [1.165, 1.54) is 24.1 Å². The molecule has 1 fully saturated rings. The van der Waals surface area contributed by atoms with E-state index in [-0.39, 0.29) is 0 Å². The molecule has 0 saturated heterocycles. The third-order valence-electron chi connectivity index (χ3n) is 3.62. The zero-order valence-corrected chi connectivity index (χ0v) is 10.8. The Labute approximate surface area is 98.0 Å². The Morgan fingerprint density at radius 2 is 2.12 bits per heavy atom. The quantitative estimate of drug-likeness (QED) is 0.802. The van der Waals surface area contributed by atoms with Crippen molar-refractivity contribution < 1.29 is 0 Å². The number of aryl methyl sites for hydroxylation is 1. The van der Waals surface area contributed by atoms with Crippen molar-refractivity contribution in [1.82, 2.24) is 10.2 Å². The van der Waals surface area contributed by atoms with Crippen molar-refractivity contribution >= 4 is 5.82 Å². The van der Waals surface area contributed by atoms with Crippen molar-refractivity contribution in [2.45, 2.75) is 53.0 Å².